The normalized spacial score (nSPS) is 19.1. The Bertz CT molecular complexity index is 1030. The molecule has 1 aromatic heterocycles. The van der Waals surface area contributed by atoms with Gasteiger partial charge in [0.05, 0.1) is 10.9 Å². The van der Waals surface area contributed by atoms with Crippen molar-refractivity contribution in [2.24, 2.45) is 0 Å². The molecular formula is C20H21FN2O2S. The van der Waals surface area contributed by atoms with Crippen LogP contribution in [0.15, 0.2) is 53.4 Å². The number of hydrogen-bond donors (Lipinski definition) is 1. The molecule has 0 radical (unpaired) electrons. The molecule has 4 rings (SSSR count). The van der Waals surface area contributed by atoms with Crippen LogP contribution >= 0.6 is 0 Å². The Labute approximate surface area is 152 Å². The van der Waals surface area contributed by atoms with Crippen molar-refractivity contribution < 1.29 is 12.8 Å². The maximum Gasteiger partial charge on any atom is 0.243 e. The lowest BCUT2D eigenvalue weighted by Crippen LogP contribution is -2.38. The Morgan fingerprint density at radius 1 is 1.12 bits per heavy atom. The minimum atomic E-state index is -3.69. The minimum absolute atomic E-state index is 0.152. The van der Waals surface area contributed by atoms with Gasteiger partial charge in [0, 0.05) is 17.8 Å². The fourth-order valence-corrected chi connectivity index (χ4v) is 5.45. The van der Waals surface area contributed by atoms with Crippen LogP contribution < -0.4 is 0 Å². The molecule has 1 saturated heterocycles. The van der Waals surface area contributed by atoms with Crippen LogP contribution in [0.3, 0.4) is 0 Å². The van der Waals surface area contributed by atoms with Crippen LogP contribution in [0, 0.1) is 12.7 Å². The van der Waals surface area contributed by atoms with E-state index in [2.05, 4.69) is 4.98 Å². The van der Waals surface area contributed by atoms with E-state index in [4.69, 9.17) is 0 Å². The molecule has 1 fully saturated rings. The van der Waals surface area contributed by atoms with E-state index in [1.165, 1.54) is 18.2 Å². The lowest BCUT2D eigenvalue weighted by atomic mass is 10.0. The first-order valence-corrected chi connectivity index (χ1v) is 10.3. The van der Waals surface area contributed by atoms with E-state index in [0.717, 1.165) is 35.9 Å². The van der Waals surface area contributed by atoms with Gasteiger partial charge in [0.1, 0.15) is 5.82 Å². The SMILES string of the molecule is Cc1cc(S(=O)(=O)N2CCCCC2c2cc3ccccc3[nH]2)ccc1F. The van der Waals surface area contributed by atoms with Crippen molar-refractivity contribution >= 4 is 20.9 Å². The highest BCUT2D eigenvalue weighted by atomic mass is 32.2. The number of nitrogens with zero attached hydrogens (tertiary/aromatic N) is 1. The summed E-state index contributed by atoms with van der Waals surface area (Å²) in [6, 6.07) is 13.7. The summed E-state index contributed by atoms with van der Waals surface area (Å²) in [7, 11) is -3.69. The summed E-state index contributed by atoms with van der Waals surface area (Å²) >= 11 is 0. The smallest absolute Gasteiger partial charge is 0.243 e. The van der Waals surface area contributed by atoms with E-state index in [0.29, 0.717) is 12.1 Å². The van der Waals surface area contributed by atoms with E-state index in [-0.39, 0.29) is 10.9 Å². The van der Waals surface area contributed by atoms with Crippen LogP contribution in [0.2, 0.25) is 0 Å². The molecule has 0 spiro atoms. The van der Waals surface area contributed by atoms with Gasteiger partial charge in [-0.3, -0.25) is 0 Å². The molecule has 0 bridgehead atoms. The zero-order valence-electron chi connectivity index (χ0n) is 14.6. The van der Waals surface area contributed by atoms with Crippen molar-refractivity contribution in [3.8, 4) is 0 Å². The fourth-order valence-electron chi connectivity index (χ4n) is 3.69. The highest BCUT2D eigenvalue weighted by Gasteiger charge is 2.35. The van der Waals surface area contributed by atoms with Crippen molar-refractivity contribution in [1.82, 2.24) is 9.29 Å². The summed E-state index contributed by atoms with van der Waals surface area (Å²) < 4.78 is 41.6. The maximum atomic E-state index is 13.6. The number of aromatic amines is 1. The molecule has 2 aromatic carbocycles. The fraction of sp³-hybridized carbons (Fsp3) is 0.300. The molecule has 2 heterocycles. The molecule has 1 unspecified atom stereocenters. The zero-order valence-corrected chi connectivity index (χ0v) is 15.4. The van der Waals surface area contributed by atoms with Crippen molar-refractivity contribution in [2.75, 3.05) is 6.54 Å². The largest absolute Gasteiger partial charge is 0.357 e. The lowest BCUT2D eigenvalue weighted by molar-refractivity contribution is 0.252. The monoisotopic (exact) mass is 372 g/mol. The zero-order chi connectivity index (χ0) is 18.3. The molecule has 3 aromatic rings. The van der Waals surface area contributed by atoms with Gasteiger partial charge in [-0.15, -0.1) is 0 Å². The van der Waals surface area contributed by atoms with Crippen LogP contribution in [0.5, 0.6) is 0 Å². The van der Waals surface area contributed by atoms with Gasteiger partial charge in [-0.05, 0) is 61.0 Å². The number of aryl methyl sites for hydroxylation is 1. The van der Waals surface area contributed by atoms with E-state index in [1.54, 1.807) is 11.2 Å². The van der Waals surface area contributed by atoms with Gasteiger partial charge in [-0.25, -0.2) is 12.8 Å². The summed E-state index contributed by atoms with van der Waals surface area (Å²) in [6.45, 7) is 2.05. The Morgan fingerprint density at radius 3 is 2.69 bits per heavy atom. The summed E-state index contributed by atoms with van der Waals surface area (Å²) in [4.78, 5) is 3.53. The van der Waals surface area contributed by atoms with Gasteiger partial charge < -0.3 is 4.98 Å². The first-order chi connectivity index (χ1) is 12.5. The number of sulfonamides is 1. The number of hydrogen-bond acceptors (Lipinski definition) is 2. The van der Waals surface area contributed by atoms with Gasteiger partial charge in [0.25, 0.3) is 0 Å². The second-order valence-corrected chi connectivity index (χ2v) is 8.74. The predicted octanol–water partition coefficient (Wildman–Crippen LogP) is 4.53. The van der Waals surface area contributed by atoms with Crippen molar-refractivity contribution in [3.05, 3.63) is 65.6 Å². The Hall–Kier alpha value is -2.18. The number of benzene rings is 2. The highest BCUT2D eigenvalue weighted by molar-refractivity contribution is 7.89. The number of H-pyrrole nitrogens is 1. The lowest BCUT2D eigenvalue weighted by Gasteiger charge is -2.34. The molecule has 0 amide bonds. The second-order valence-electron chi connectivity index (χ2n) is 6.85. The molecule has 1 aliphatic rings. The number of aromatic nitrogens is 1. The average Bonchev–Trinajstić information content (AvgIpc) is 3.08. The molecule has 0 saturated carbocycles. The Balaban J connectivity index is 1.75. The van der Waals surface area contributed by atoms with Gasteiger partial charge >= 0.3 is 0 Å². The minimum Gasteiger partial charge on any atom is -0.357 e. The van der Waals surface area contributed by atoms with E-state index in [1.807, 2.05) is 30.3 Å². The van der Waals surface area contributed by atoms with Crippen molar-refractivity contribution in [2.45, 2.75) is 37.1 Å². The van der Waals surface area contributed by atoms with Gasteiger partial charge in [-0.2, -0.15) is 4.31 Å². The number of piperidine rings is 1. The average molecular weight is 372 g/mol. The summed E-state index contributed by atoms with van der Waals surface area (Å²) in [6.07, 6.45) is 2.58. The third-order valence-corrected chi connectivity index (χ3v) is 7.00. The first kappa shape index (κ1) is 17.2. The molecule has 1 aliphatic heterocycles. The van der Waals surface area contributed by atoms with E-state index < -0.39 is 15.8 Å². The van der Waals surface area contributed by atoms with Gasteiger partial charge in [-0.1, -0.05) is 24.6 Å². The van der Waals surface area contributed by atoms with Crippen LogP contribution in [-0.2, 0) is 10.0 Å². The van der Waals surface area contributed by atoms with Crippen LogP contribution in [0.4, 0.5) is 4.39 Å². The highest BCUT2D eigenvalue weighted by Crippen LogP contribution is 2.36. The molecule has 0 aliphatic carbocycles. The van der Waals surface area contributed by atoms with Gasteiger partial charge in [0.2, 0.25) is 10.0 Å². The second kappa shape index (κ2) is 6.52. The number of fused-ring (bicyclic) bond motifs is 1. The third kappa shape index (κ3) is 2.93. The standard InChI is InChI=1S/C20H21FN2O2S/c1-14-12-16(9-10-17(14)21)26(24,25)23-11-5-4-8-20(23)19-13-15-6-2-3-7-18(15)22-19/h2-3,6-7,9-10,12-13,20,22H,4-5,8,11H2,1H3. The summed E-state index contributed by atoms with van der Waals surface area (Å²) in [5.74, 6) is -0.394. The molecule has 4 nitrogen and oxygen atoms in total. The van der Waals surface area contributed by atoms with Crippen LogP contribution in [0.1, 0.15) is 36.6 Å². The van der Waals surface area contributed by atoms with Crippen molar-refractivity contribution in [3.63, 3.8) is 0 Å². The number of para-hydroxylation sites is 1. The van der Waals surface area contributed by atoms with Gasteiger partial charge in [0.15, 0.2) is 0 Å². The molecule has 1 N–H and O–H groups in total. The summed E-state index contributed by atoms with van der Waals surface area (Å²) in [5, 5.41) is 1.07. The Morgan fingerprint density at radius 2 is 1.92 bits per heavy atom. The number of halogens is 1. The predicted molar refractivity (Wildman–Crippen MR) is 99.9 cm³/mol. The number of nitrogens with one attached hydrogen (secondary N) is 1. The molecule has 136 valence electrons. The quantitative estimate of drug-likeness (QED) is 0.734. The molecular weight excluding hydrogens is 351 g/mol. The summed E-state index contributed by atoms with van der Waals surface area (Å²) in [5.41, 5.74) is 2.25. The van der Waals surface area contributed by atoms with E-state index in [9.17, 15) is 12.8 Å². The molecule has 26 heavy (non-hydrogen) atoms. The maximum absolute atomic E-state index is 13.6. The Kier molecular flexibility index (Phi) is 4.32. The van der Waals surface area contributed by atoms with Crippen LogP contribution in [0.25, 0.3) is 10.9 Å². The topological polar surface area (TPSA) is 53.2 Å². The van der Waals surface area contributed by atoms with Crippen LogP contribution in [-0.4, -0.2) is 24.3 Å². The molecule has 6 heteroatoms. The number of rotatable bonds is 3. The van der Waals surface area contributed by atoms with E-state index >= 15 is 0 Å². The first-order valence-electron chi connectivity index (χ1n) is 8.82. The third-order valence-electron chi connectivity index (χ3n) is 5.10. The molecule has 1 atom stereocenters. The van der Waals surface area contributed by atoms with Crippen molar-refractivity contribution in [1.29, 1.82) is 0 Å².